The second kappa shape index (κ2) is 8.48. The molecule has 0 aromatic heterocycles. The van der Waals surface area contributed by atoms with Crippen LogP contribution in [0.15, 0.2) is 60.7 Å². The van der Waals surface area contributed by atoms with Crippen molar-refractivity contribution < 1.29 is 9.59 Å². The number of primary amides is 1. The van der Waals surface area contributed by atoms with Crippen molar-refractivity contribution >= 4 is 17.9 Å². The van der Waals surface area contributed by atoms with Crippen LogP contribution in [0.1, 0.15) is 48.7 Å². The largest absolute Gasteiger partial charge is 0.368 e. The normalized spacial score (nSPS) is 12.7. The minimum Gasteiger partial charge on any atom is -0.368 e. The molecule has 2 rings (SSSR count). The highest BCUT2D eigenvalue weighted by Crippen LogP contribution is 2.22. The summed E-state index contributed by atoms with van der Waals surface area (Å²) in [4.78, 5) is 24.1. The molecule has 0 fully saturated rings. The smallest absolute Gasteiger partial charge is 0.251 e. The van der Waals surface area contributed by atoms with Crippen LogP contribution >= 0.6 is 0 Å². The fourth-order valence-electron chi connectivity index (χ4n) is 2.51. The van der Waals surface area contributed by atoms with Crippen LogP contribution in [0, 0.1) is 0 Å². The Balaban J connectivity index is 2.01. The number of carbonyl (C=O) groups is 2. The van der Waals surface area contributed by atoms with E-state index >= 15 is 0 Å². The molecule has 0 saturated heterocycles. The Morgan fingerprint density at radius 3 is 2.19 bits per heavy atom. The van der Waals surface area contributed by atoms with E-state index in [1.54, 1.807) is 12.1 Å². The number of hydrogen-bond donors (Lipinski definition) is 2. The molecule has 0 saturated carbocycles. The first-order chi connectivity index (χ1) is 12.3. The Morgan fingerprint density at radius 1 is 1.04 bits per heavy atom. The van der Waals surface area contributed by atoms with Crippen molar-refractivity contribution in [3.05, 3.63) is 77.4 Å². The summed E-state index contributed by atoms with van der Waals surface area (Å²) >= 11 is 0. The number of nitrogens with two attached hydrogens (primary N) is 1. The Hall–Kier alpha value is -2.88. The summed E-state index contributed by atoms with van der Waals surface area (Å²) in [6, 6.07) is 16.4. The van der Waals surface area contributed by atoms with E-state index < -0.39 is 11.9 Å². The van der Waals surface area contributed by atoms with E-state index in [1.165, 1.54) is 0 Å². The quantitative estimate of drug-likeness (QED) is 0.834. The Bertz CT molecular complexity index is 772. The van der Waals surface area contributed by atoms with E-state index in [4.69, 9.17) is 5.73 Å². The van der Waals surface area contributed by atoms with Gasteiger partial charge in [-0.05, 0) is 35.1 Å². The van der Waals surface area contributed by atoms with Gasteiger partial charge in [0.1, 0.15) is 6.04 Å². The Labute approximate surface area is 155 Å². The van der Waals surface area contributed by atoms with E-state index in [9.17, 15) is 9.59 Å². The van der Waals surface area contributed by atoms with E-state index in [0.29, 0.717) is 12.0 Å². The minimum atomic E-state index is -0.746. The summed E-state index contributed by atoms with van der Waals surface area (Å²) in [5, 5.41) is 2.71. The summed E-state index contributed by atoms with van der Waals surface area (Å²) in [6.07, 6.45) is 4.09. The topological polar surface area (TPSA) is 72.2 Å². The number of hydrogen-bond acceptors (Lipinski definition) is 2. The predicted molar refractivity (Wildman–Crippen MR) is 106 cm³/mol. The van der Waals surface area contributed by atoms with Gasteiger partial charge in [-0.2, -0.15) is 0 Å². The first-order valence-corrected chi connectivity index (χ1v) is 8.69. The van der Waals surface area contributed by atoms with Crippen LogP contribution < -0.4 is 11.1 Å². The molecule has 0 aliphatic carbocycles. The van der Waals surface area contributed by atoms with E-state index in [0.717, 1.165) is 11.1 Å². The van der Waals surface area contributed by atoms with Gasteiger partial charge in [0.05, 0.1) is 0 Å². The first kappa shape index (κ1) is 19.4. The van der Waals surface area contributed by atoms with Gasteiger partial charge in [0.15, 0.2) is 0 Å². The van der Waals surface area contributed by atoms with Crippen molar-refractivity contribution in [1.29, 1.82) is 0 Å². The first-order valence-electron chi connectivity index (χ1n) is 8.69. The molecule has 3 N–H and O–H groups in total. The third-order valence-electron chi connectivity index (χ3n) is 4.14. The summed E-state index contributed by atoms with van der Waals surface area (Å²) in [7, 11) is 0. The second-order valence-electron chi connectivity index (χ2n) is 7.30. The summed E-state index contributed by atoms with van der Waals surface area (Å²) < 4.78 is 0. The zero-order valence-electron chi connectivity index (χ0n) is 15.5. The summed E-state index contributed by atoms with van der Waals surface area (Å²) in [5.74, 6) is -0.857. The van der Waals surface area contributed by atoms with Crippen LogP contribution in [0.5, 0.6) is 0 Å². The molecule has 0 spiro atoms. The third-order valence-corrected chi connectivity index (χ3v) is 4.14. The van der Waals surface area contributed by atoms with Gasteiger partial charge in [-0.1, -0.05) is 75.4 Å². The molecule has 0 heterocycles. The summed E-state index contributed by atoms with van der Waals surface area (Å²) in [6.45, 7) is 6.35. The van der Waals surface area contributed by atoms with Crippen molar-refractivity contribution in [3.63, 3.8) is 0 Å². The van der Waals surface area contributed by atoms with E-state index in [-0.39, 0.29) is 11.3 Å². The third kappa shape index (κ3) is 5.59. The number of amides is 2. The molecule has 0 radical (unpaired) electrons. The van der Waals surface area contributed by atoms with Crippen LogP contribution in [0.3, 0.4) is 0 Å². The average molecular weight is 350 g/mol. The molecular formula is C22H26N2O2. The number of carbonyl (C=O) groups excluding carboxylic acids is 2. The highest BCUT2D eigenvalue weighted by atomic mass is 16.2. The van der Waals surface area contributed by atoms with Gasteiger partial charge in [0.25, 0.3) is 5.91 Å². The number of nitrogens with one attached hydrogen (secondary N) is 1. The monoisotopic (exact) mass is 350 g/mol. The molecule has 0 aliphatic heterocycles. The van der Waals surface area contributed by atoms with Crippen molar-refractivity contribution in [1.82, 2.24) is 5.32 Å². The maximum absolute atomic E-state index is 12.4. The van der Waals surface area contributed by atoms with Crippen LogP contribution in [-0.4, -0.2) is 17.9 Å². The molecule has 4 heteroatoms. The van der Waals surface area contributed by atoms with Crippen molar-refractivity contribution in [2.24, 2.45) is 5.73 Å². The zero-order valence-corrected chi connectivity index (χ0v) is 15.5. The van der Waals surface area contributed by atoms with Gasteiger partial charge in [0.2, 0.25) is 5.91 Å². The molecule has 136 valence electrons. The van der Waals surface area contributed by atoms with Gasteiger partial charge in [-0.15, -0.1) is 0 Å². The molecular weight excluding hydrogens is 324 g/mol. The molecule has 26 heavy (non-hydrogen) atoms. The van der Waals surface area contributed by atoms with Crippen molar-refractivity contribution in [3.8, 4) is 0 Å². The number of benzene rings is 2. The lowest BCUT2D eigenvalue weighted by atomic mass is 9.86. The highest BCUT2D eigenvalue weighted by Gasteiger charge is 2.19. The van der Waals surface area contributed by atoms with E-state index in [1.807, 2.05) is 54.6 Å². The van der Waals surface area contributed by atoms with Gasteiger partial charge in [0, 0.05) is 5.56 Å². The maximum atomic E-state index is 12.4. The molecule has 2 amide bonds. The highest BCUT2D eigenvalue weighted by molar-refractivity contribution is 5.97. The van der Waals surface area contributed by atoms with E-state index in [2.05, 4.69) is 26.1 Å². The SMILES string of the molecule is CC(C)(C)c1ccc(C(=O)N[C@H](C/C=C/c2ccccc2)C(N)=O)cc1. The van der Waals surface area contributed by atoms with Crippen LogP contribution in [-0.2, 0) is 10.2 Å². The van der Waals surface area contributed by atoms with Crippen molar-refractivity contribution in [2.75, 3.05) is 0 Å². The van der Waals surface area contributed by atoms with Crippen LogP contribution in [0.4, 0.5) is 0 Å². The lowest BCUT2D eigenvalue weighted by molar-refractivity contribution is -0.119. The maximum Gasteiger partial charge on any atom is 0.251 e. The fourth-order valence-corrected chi connectivity index (χ4v) is 2.51. The zero-order chi connectivity index (χ0) is 19.2. The van der Waals surface area contributed by atoms with Crippen LogP contribution in [0.25, 0.3) is 6.08 Å². The fraction of sp³-hybridized carbons (Fsp3) is 0.273. The standard InChI is InChI=1S/C22H26N2O2/c1-22(2,3)18-14-12-17(13-15-18)21(26)24-19(20(23)25)11-7-10-16-8-5-4-6-9-16/h4-10,12-15,19H,11H2,1-3H3,(H2,23,25)(H,24,26)/b10-7+/t19-/m1/s1. The van der Waals surface area contributed by atoms with Gasteiger partial charge >= 0.3 is 0 Å². The van der Waals surface area contributed by atoms with Crippen molar-refractivity contribution in [2.45, 2.75) is 38.6 Å². The molecule has 2 aromatic carbocycles. The lowest BCUT2D eigenvalue weighted by Gasteiger charge is -2.19. The average Bonchev–Trinajstić information content (AvgIpc) is 2.61. The van der Waals surface area contributed by atoms with Gasteiger partial charge in [-0.25, -0.2) is 0 Å². The second-order valence-corrected chi connectivity index (χ2v) is 7.30. The Kier molecular flexibility index (Phi) is 6.34. The molecule has 0 bridgehead atoms. The molecule has 4 nitrogen and oxygen atoms in total. The van der Waals surface area contributed by atoms with Gasteiger partial charge in [-0.3, -0.25) is 9.59 Å². The number of rotatable bonds is 6. The molecule has 0 unspecified atom stereocenters. The van der Waals surface area contributed by atoms with Crippen LogP contribution in [0.2, 0.25) is 0 Å². The molecule has 2 aromatic rings. The molecule has 0 aliphatic rings. The predicted octanol–water partition coefficient (Wildman–Crippen LogP) is 3.67. The lowest BCUT2D eigenvalue weighted by Crippen LogP contribution is -2.44. The summed E-state index contributed by atoms with van der Waals surface area (Å²) in [5.41, 5.74) is 8.14. The minimum absolute atomic E-state index is 0.0208. The Morgan fingerprint density at radius 2 is 1.65 bits per heavy atom. The molecule has 1 atom stereocenters. The van der Waals surface area contributed by atoms with Gasteiger partial charge < -0.3 is 11.1 Å².